The Balaban J connectivity index is 2.29. The molecule has 0 unspecified atom stereocenters. The summed E-state index contributed by atoms with van der Waals surface area (Å²) in [5, 5.41) is 2.58. The molecule has 0 aliphatic carbocycles. The number of nitrogens with one attached hydrogen (secondary N) is 1. The molecule has 2 heterocycles. The number of hydrogen-bond acceptors (Lipinski definition) is 3. The first-order valence-corrected chi connectivity index (χ1v) is 6.11. The van der Waals surface area contributed by atoms with Crippen LogP contribution in [0.25, 0.3) is 5.52 Å². The van der Waals surface area contributed by atoms with E-state index in [9.17, 15) is 9.59 Å². The van der Waals surface area contributed by atoms with Crippen molar-refractivity contribution in [2.24, 2.45) is 0 Å². The van der Waals surface area contributed by atoms with Crippen LogP contribution >= 0.6 is 0 Å². The van der Waals surface area contributed by atoms with Gasteiger partial charge >= 0.3 is 0 Å². The zero-order valence-electron chi connectivity index (χ0n) is 11.0. The van der Waals surface area contributed by atoms with Gasteiger partial charge in [-0.3, -0.25) is 9.59 Å². The van der Waals surface area contributed by atoms with Crippen molar-refractivity contribution in [2.75, 3.05) is 13.7 Å². The third-order valence-electron chi connectivity index (χ3n) is 2.93. The molecular weight excluding hydrogens is 244 g/mol. The SMILES string of the molecule is CCC(=O)NCC(=O)c1ccn2cccc(OC)c12. The number of ether oxygens (including phenoxy) is 1. The molecule has 0 aliphatic heterocycles. The number of amides is 1. The molecule has 1 N–H and O–H groups in total. The first-order valence-electron chi connectivity index (χ1n) is 6.11. The number of Topliss-reactive ketones (excluding diaryl/α,β-unsaturated/α-hetero) is 1. The molecule has 1 amide bonds. The lowest BCUT2D eigenvalue weighted by molar-refractivity contribution is -0.120. The Morgan fingerprint density at radius 1 is 1.32 bits per heavy atom. The largest absolute Gasteiger partial charge is 0.495 e. The van der Waals surface area contributed by atoms with E-state index in [-0.39, 0.29) is 18.2 Å². The van der Waals surface area contributed by atoms with E-state index in [4.69, 9.17) is 4.74 Å². The Morgan fingerprint density at radius 3 is 2.79 bits per heavy atom. The average molecular weight is 260 g/mol. The number of carbonyl (C=O) groups excluding carboxylic acids is 2. The van der Waals surface area contributed by atoms with Gasteiger partial charge in [0.1, 0.15) is 5.75 Å². The van der Waals surface area contributed by atoms with Crippen LogP contribution in [0.4, 0.5) is 0 Å². The van der Waals surface area contributed by atoms with Gasteiger partial charge in [0, 0.05) is 24.4 Å². The van der Waals surface area contributed by atoms with Gasteiger partial charge < -0.3 is 14.5 Å². The summed E-state index contributed by atoms with van der Waals surface area (Å²) < 4.78 is 7.09. The molecule has 0 aromatic carbocycles. The average Bonchev–Trinajstić information content (AvgIpc) is 2.88. The van der Waals surface area contributed by atoms with E-state index in [0.29, 0.717) is 17.7 Å². The van der Waals surface area contributed by atoms with Crippen LogP contribution in [0.15, 0.2) is 30.6 Å². The van der Waals surface area contributed by atoms with Crippen molar-refractivity contribution in [3.63, 3.8) is 0 Å². The van der Waals surface area contributed by atoms with Gasteiger partial charge in [0.15, 0.2) is 5.78 Å². The van der Waals surface area contributed by atoms with Gasteiger partial charge in [-0.05, 0) is 18.2 Å². The second-order valence-corrected chi connectivity index (χ2v) is 4.12. The zero-order chi connectivity index (χ0) is 13.8. The molecule has 0 radical (unpaired) electrons. The van der Waals surface area contributed by atoms with E-state index in [2.05, 4.69) is 5.32 Å². The predicted molar refractivity (Wildman–Crippen MR) is 71.6 cm³/mol. The summed E-state index contributed by atoms with van der Waals surface area (Å²) >= 11 is 0. The highest BCUT2D eigenvalue weighted by molar-refractivity contribution is 6.06. The summed E-state index contributed by atoms with van der Waals surface area (Å²) in [7, 11) is 1.56. The Labute approximate surface area is 111 Å². The molecule has 5 heteroatoms. The van der Waals surface area contributed by atoms with Crippen LogP contribution in [-0.4, -0.2) is 29.7 Å². The molecule has 0 spiro atoms. The van der Waals surface area contributed by atoms with Crippen LogP contribution in [0, 0.1) is 0 Å². The highest BCUT2D eigenvalue weighted by Gasteiger charge is 2.15. The normalized spacial score (nSPS) is 10.4. The fourth-order valence-corrected chi connectivity index (χ4v) is 1.92. The molecule has 0 aliphatic rings. The number of hydrogen-bond donors (Lipinski definition) is 1. The molecule has 5 nitrogen and oxygen atoms in total. The minimum Gasteiger partial charge on any atom is -0.495 e. The fourth-order valence-electron chi connectivity index (χ4n) is 1.92. The van der Waals surface area contributed by atoms with Crippen LogP contribution in [0.1, 0.15) is 23.7 Å². The van der Waals surface area contributed by atoms with Crippen molar-refractivity contribution >= 4 is 17.2 Å². The molecule has 2 aromatic rings. The topological polar surface area (TPSA) is 59.8 Å². The van der Waals surface area contributed by atoms with Crippen LogP contribution in [0.3, 0.4) is 0 Å². The molecule has 0 atom stereocenters. The predicted octanol–water partition coefficient (Wildman–Crippen LogP) is 1.66. The lowest BCUT2D eigenvalue weighted by Gasteiger charge is -2.06. The molecule has 0 fully saturated rings. The molecule has 0 saturated heterocycles. The first kappa shape index (κ1) is 13.1. The van der Waals surface area contributed by atoms with E-state index in [1.807, 2.05) is 16.7 Å². The number of fused-ring (bicyclic) bond motifs is 1. The molecule has 19 heavy (non-hydrogen) atoms. The second kappa shape index (κ2) is 5.56. The lowest BCUT2D eigenvalue weighted by Crippen LogP contribution is -2.28. The number of aromatic nitrogens is 1. The summed E-state index contributed by atoms with van der Waals surface area (Å²) in [6, 6.07) is 5.38. The number of pyridine rings is 1. The summed E-state index contributed by atoms with van der Waals surface area (Å²) in [5.41, 5.74) is 1.27. The Kier molecular flexibility index (Phi) is 3.85. The van der Waals surface area contributed by atoms with E-state index in [1.165, 1.54) is 0 Å². The number of carbonyl (C=O) groups is 2. The van der Waals surface area contributed by atoms with Crippen LogP contribution < -0.4 is 10.1 Å². The maximum absolute atomic E-state index is 12.1. The van der Waals surface area contributed by atoms with Crippen molar-refractivity contribution in [2.45, 2.75) is 13.3 Å². The Bertz CT molecular complexity index is 616. The van der Waals surface area contributed by atoms with E-state index < -0.39 is 0 Å². The van der Waals surface area contributed by atoms with Gasteiger partial charge in [0.25, 0.3) is 0 Å². The molecular formula is C14H16N2O3. The summed E-state index contributed by atoms with van der Waals surface area (Å²) in [4.78, 5) is 23.3. The van der Waals surface area contributed by atoms with E-state index in [1.54, 1.807) is 32.4 Å². The van der Waals surface area contributed by atoms with Gasteiger partial charge in [-0.25, -0.2) is 0 Å². The number of rotatable bonds is 5. The van der Waals surface area contributed by atoms with Crippen LogP contribution in [0.2, 0.25) is 0 Å². The van der Waals surface area contributed by atoms with Crippen molar-refractivity contribution in [1.82, 2.24) is 9.72 Å². The number of methoxy groups -OCH3 is 1. The minimum atomic E-state index is -0.135. The second-order valence-electron chi connectivity index (χ2n) is 4.12. The van der Waals surface area contributed by atoms with Crippen LogP contribution in [0.5, 0.6) is 5.75 Å². The number of ketones is 1. The van der Waals surface area contributed by atoms with Gasteiger partial charge in [-0.2, -0.15) is 0 Å². The molecule has 0 saturated carbocycles. The summed E-state index contributed by atoms with van der Waals surface area (Å²) in [6.45, 7) is 1.75. The summed E-state index contributed by atoms with van der Waals surface area (Å²) in [6.07, 6.45) is 4.01. The zero-order valence-corrected chi connectivity index (χ0v) is 11.0. The first-order chi connectivity index (χ1) is 9.17. The van der Waals surface area contributed by atoms with E-state index in [0.717, 1.165) is 5.52 Å². The fraction of sp³-hybridized carbons (Fsp3) is 0.286. The smallest absolute Gasteiger partial charge is 0.220 e. The van der Waals surface area contributed by atoms with Crippen molar-refractivity contribution < 1.29 is 14.3 Å². The highest BCUT2D eigenvalue weighted by Crippen LogP contribution is 2.24. The van der Waals surface area contributed by atoms with Gasteiger partial charge in [-0.15, -0.1) is 0 Å². The maximum atomic E-state index is 12.1. The van der Waals surface area contributed by atoms with Gasteiger partial charge in [0.05, 0.1) is 19.2 Å². The van der Waals surface area contributed by atoms with Crippen molar-refractivity contribution in [3.05, 3.63) is 36.2 Å². The third-order valence-corrected chi connectivity index (χ3v) is 2.93. The lowest BCUT2D eigenvalue weighted by atomic mass is 10.1. The maximum Gasteiger partial charge on any atom is 0.220 e. The number of nitrogens with zero attached hydrogens (tertiary/aromatic N) is 1. The van der Waals surface area contributed by atoms with Gasteiger partial charge in [0.2, 0.25) is 5.91 Å². The monoisotopic (exact) mass is 260 g/mol. The quantitative estimate of drug-likeness (QED) is 0.832. The minimum absolute atomic E-state index is 0.00436. The Morgan fingerprint density at radius 2 is 2.11 bits per heavy atom. The molecule has 2 rings (SSSR count). The third kappa shape index (κ3) is 2.59. The van der Waals surface area contributed by atoms with Crippen LogP contribution in [-0.2, 0) is 4.79 Å². The van der Waals surface area contributed by atoms with Gasteiger partial charge in [-0.1, -0.05) is 6.92 Å². The standard InChI is InChI=1S/C14H16N2O3/c1-3-13(18)15-9-11(17)10-6-8-16-7-4-5-12(19-2)14(10)16/h4-8H,3,9H2,1-2H3,(H,15,18). The van der Waals surface area contributed by atoms with E-state index >= 15 is 0 Å². The summed E-state index contributed by atoms with van der Waals surface area (Å²) in [5.74, 6) is 0.371. The Hall–Kier alpha value is -2.30. The van der Waals surface area contributed by atoms with Crippen molar-refractivity contribution in [1.29, 1.82) is 0 Å². The molecule has 0 bridgehead atoms. The molecule has 100 valence electrons. The highest BCUT2D eigenvalue weighted by atomic mass is 16.5. The van der Waals surface area contributed by atoms with Crippen molar-refractivity contribution in [3.8, 4) is 5.75 Å². The molecule has 2 aromatic heterocycles.